The first kappa shape index (κ1) is 20.4. The lowest BCUT2D eigenvalue weighted by Crippen LogP contribution is -2.04. The van der Waals surface area contributed by atoms with Crippen LogP contribution in [0.1, 0.15) is 0 Å². The van der Waals surface area contributed by atoms with Gasteiger partial charge in [0.25, 0.3) is 20.2 Å². The minimum absolute atomic E-state index is 0.0158. The summed E-state index contributed by atoms with van der Waals surface area (Å²) in [6.45, 7) is 0. The zero-order valence-electron chi connectivity index (χ0n) is 14.3. The van der Waals surface area contributed by atoms with Gasteiger partial charge in [-0.15, -0.1) is 0 Å². The van der Waals surface area contributed by atoms with Crippen molar-refractivity contribution in [3.05, 3.63) is 30.3 Å². The van der Waals surface area contributed by atoms with E-state index in [4.69, 9.17) is 0 Å². The van der Waals surface area contributed by atoms with Gasteiger partial charge in [-0.25, -0.2) is 14.2 Å². The molecular weight excluding hydrogens is 464 g/mol. The highest BCUT2D eigenvalue weighted by atomic mass is 32.2. The van der Waals surface area contributed by atoms with Gasteiger partial charge in [0.05, 0.1) is 21.4 Å². The number of benzene rings is 2. The summed E-state index contributed by atoms with van der Waals surface area (Å²) in [5, 5.41) is 0. The second-order valence-electron chi connectivity index (χ2n) is 5.90. The van der Waals surface area contributed by atoms with Crippen LogP contribution in [0.25, 0.3) is 33.7 Å². The standard InChI is InChI=1S/C14H10N4O9S3/c19-28(20)27-6-1-2-8-9(3-6)16-13(15-8)14-17-10-4-7(29(21,22)23)5-11(12(10)18-14)30(24,25)26/h1-5H,(H,15,16)(H,17,18)(H,19,20)(H,21,22,23)(H,24,25,26)/p-1. The maximum absolute atomic E-state index is 11.7. The quantitative estimate of drug-likeness (QED) is 0.234. The van der Waals surface area contributed by atoms with Crippen LogP contribution in [-0.4, -0.2) is 54.6 Å². The maximum Gasteiger partial charge on any atom is 0.296 e. The van der Waals surface area contributed by atoms with Gasteiger partial charge in [0.1, 0.15) is 27.5 Å². The SMILES string of the molecule is O=S([O-])Oc1ccc2nc(-c3nc4c(S(=O)(=O)O)cc(S(=O)(=O)O)cc4[nH]3)[nH]c2c1. The van der Waals surface area contributed by atoms with Crippen molar-refractivity contribution < 1.29 is 38.9 Å². The Bertz CT molecular complexity index is 1550. The zero-order chi connectivity index (χ0) is 21.8. The predicted octanol–water partition coefficient (Wildman–Crippen LogP) is 0.772. The van der Waals surface area contributed by atoms with E-state index in [2.05, 4.69) is 24.1 Å². The van der Waals surface area contributed by atoms with Crippen molar-refractivity contribution in [2.24, 2.45) is 0 Å². The molecule has 13 nitrogen and oxygen atoms in total. The number of H-pyrrole nitrogens is 2. The first-order valence-electron chi connectivity index (χ1n) is 7.68. The molecule has 0 fully saturated rings. The van der Waals surface area contributed by atoms with E-state index >= 15 is 0 Å². The highest BCUT2D eigenvalue weighted by Gasteiger charge is 2.24. The second kappa shape index (κ2) is 6.83. The molecule has 1 unspecified atom stereocenters. The molecule has 0 amide bonds. The number of imidazole rings is 2. The predicted molar refractivity (Wildman–Crippen MR) is 100 cm³/mol. The summed E-state index contributed by atoms with van der Waals surface area (Å²) >= 11 is -2.77. The first-order chi connectivity index (χ1) is 13.9. The Balaban J connectivity index is 1.90. The Labute approximate surface area is 170 Å². The maximum atomic E-state index is 11.7. The van der Waals surface area contributed by atoms with Gasteiger partial charge in [0.15, 0.2) is 11.6 Å². The normalized spacial score (nSPS) is 13.7. The Hall–Kier alpha value is -2.89. The van der Waals surface area contributed by atoms with Crippen LogP contribution in [0.4, 0.5) is 0 Å². The summed E-state index contributed by atoms with van der Waals surface area (Å²) < 4.78 is 90.7. The van der Waals surface area contributed by atoms with Gasteiger partial charge in [0.2, 0.25) is 0 Å². The molecule has 0 bridgehead atoms. The topological polar surface area (TPSA) is 215 Å². The number of nitrogens with zero attached hydrogens (tertiary/aromatic N) is 2. The Morgan fingerprint density at radius 3 is 2.23 bits per heavy atom. The molecule has 2 aromatic heterocycles. The van der Waals surface area contributed by atoms with E-state index in [-0.39, 0.29) is 28.4 Å². The number of aromatic nitrogens is 4. The van der Waals surface area contributed by atoms with Gasteiger partial charge >= 0.3 is 0 Å². The average molecular weight is 473 g/mol. The molecule has 158 valence electrons. The molecule has 2 aromatic carbocycles. The number of hydrogen-bond donors (Lipinski definition) is 4. The van der Waals surface area contributed by atoms with Crippen molar-refractivity contribution in [2.75, 3.05) is 0 Å². The van der Waals surface area contributed by atoms with Gasteiger partial charge in [-0.2, -0.15) is 16.8 Å². The van der Waals surface area contributed by atoms with Crippen molar-refractivity contribution >= 4 is 53.7 Å². The van der Waals surface area contributed by atoms with Crippen LogP contribution < -0.4 is 4.18 Å². The van der Waals surface area contributed by atoms with Gasteiger partial charge < -0.3 is 18.7 Å². The van der Waals surface area contributed by atoms with Crippen LogP contribution in [0.3, 0.4) is 0 Å². The third-order valence-corrected chi connectivity index (χ3v) is 5.97. The van der Waals surface area contributed by atoms with E-state index < -0.39 is 41.4 Å². The third-order valence-electron chi connectivity index (χ3n) is 3.94. The fraction of sp³-hybridized carbons (Fsp3) is 0. The van der Waals surface area contributed by atoms with Crippen molar-refractivity contribution in [1.29, 1.82) is 0 Å². The van der Waals surface area contributed by atoms with E-state index in [1.54, 1.807) is 0 Å². The van der Waals surface area contributed by atoms with E-state index in [9.17, 15) is 34.7 Å². The second-order valence-corrected chi connectivity index (χ2v) is 9.29. The highest BCUT2D eigenvalue weighted by Crippen LogP contribution is 2.29. The molecule has 4 N–H and O–H groups in total. The van der Waals surface area contributed by atoms with Crippen LogP contribution in [0, 0.1) is 0 Å². The van der Waals surface area contributed by atoms with Gasteiger partial charge in [0, 0.05) is 6.07 Å². The molecule has 1 atom stereocenters. The van der Waals surface area contributed by atoms with Gasteiger partial charge in [-0.05, 0) is 24.3 Å². The molecule has 2 heterocycles. The molecular formula is C14H9N4O9S3-. The number of rotatable bonds is 5. The molecule has 4 aromatic rings. The number of nitrogens with one attached hydrogen (secondary N) is 2. The van der Waals surface area contributed by atoms with Crippen molar-refractivity contribution in [3.63, 3.8) is 0 Å². The van der Waals surface area contributed by atoms with Crippen LogP contribution in [-0.2, 0) is 31.6 Å². The first-order valence-corrected chi connectivity index (χ1v) is 11.6. The molecule has 0 saturated heterocycles. The summed E-state index contributed by atoms with van der Waals surface area (Å²) in [7, 11) is -9.67. The fourth-order valence-corrected chi connectivity index (χ4v) is 4.29. The molecule has 0 aliphatic carbocycles. The molecule has 0 aliphatic rings. The van der Waals surface area contributed by atoms with Crippen molar-refractivity contribution in [1.82, 2.24) is 19.9 Å². The molecule has 0 radical (unpaired) electrons. The number of fused-ring (bicyclic) bond motifs is 2. The monoisotopic (exact) mass is 473 g/mol. The summed E-state index contributed by atoms with van der Waals surface area (Å²) in [5.74, 6) is 0.0897. The van der Waals surface area contributed by atoms with Crippen LogP contribution in [0.2, 0.25) is 0 Å². The van der Waals surface area contributed by atoms with E-state index in [0.29, 0.717) is 17.1 Å². The summed E-state index contributed by atoms with van der Waals surface area (Å²) in [5.41, 5.74) is 0.357. The molecule has 4 rings (SSSR count). The average Bonchev–Trinajstić information content (AvgIpc) is 3.21. The van der Waals surface area contributed by atoms with Gasteiger partial charge in [-0.1, -0.05) is 0 Å². The molecule has 0 spiro atoms. The lowest BCUT2D eigenvalue weighted by molar-refractivity contribution is 0.440. The summed E-state index contributed by atoms with van der Waals surface area (Å²) in [6.07, 6.45) is 0. The molecule has 16 heteroatoms. The minimum atomic E-state index is -4.89. The highest BCUT2D eigenvalue weighted by molar-refractivity contribution is 7.86. The van der Waals surface area contributed by atoms with Crippen molar-refractivity contribution in [2.45, 2.75) is 9.79 Å². The Kier molecular flexibility index (Phi) is 4.64. The molecule has 0 saturated carbocycles. The Morgan fingerprint density at radius 1 is 0.933 bits per heavy atom. The van der Waals surface area contributed by atoms with Crippen LogP contribution in [0.15, 0.2) is 40.1 Å². The summed E-state index contributed by atoms with van der Waals surface area (Å²) in [4.78, 5) is 12.1. The third kappa shape index (κ3) is 3.78. The van der Waals surface area contributed by atoms with Crippen LogP contribution >= 0.6 is 0 Å². The van der Waals surface area contributed by atoms with E-state index in [0.717, 1.165) is 6.07 Å². The molecule has 0 aliphatic heterocycles. The smallest absolute Gasteiger partial charge is 0.296 e. The van der Waals surface area contributed by atoms with Gasteiger partial charge in [-0.3, -0.25) is 9.11 Å². The lowest BCUT2D eigenvalue weighted by Gasteiger charge is -2.05. The summed E-state index contributed by atoms with van der Waals surface area (Å²) in [6, 6.07) is 5.68. The Morgan fingerprint density at radius 2 is 1.60 bits per heavy atom. The number of hydrogen-bond acceptors (Lipinski definition) is 9. The van der Waals surface area contributed by atoms with E-state index in [1.165, 1.54) is 18.2 Å². The minimum Gasteiger partial charge on any atom is -0.740 e. The zero-order valence-corrected chi connectivity index (χ0v) is 16.7. The lowest BCUT2D eigenvalue weighted by atomic mass is 10.3. The fourth-order valence-electron chi connectivity index (χ4n) is 2.75. The van der Waals surface area contributed by atoms with E-state index in [1.807, 2.05) is 0 Å². The van der Waals surface area contributed by atoms with Crippen LogP contribution in [0.5, 0.6) is 5.75 Å². The van der Waals surface area contributed by atoms with Crippen molar-refractivity contribution in [3.8, 4) is 17.4 Å². The number of aromatic amines is 2. The molecule has 30 heavy (non-hydrogen) atoms. The largest absolute Gasteiger partial charge is 0.740 e.